The van der Waals surface area contributed by atoms with E-state index < -0.39 is 0 Å². The van der Waals surface area contributed by atoms with Crippen molar-refractivity contribution < 1.29 is 9.53 Å². The van der Waals surface area contributed by atoms with Crippen molar-refractivity contribution in [3.05, 3.63) is 0 Å². The van der Waals surface area contributed by atoms with Gasteiger partial charge < -0.3 is 15.4 Å². The molecule has 4 nitrogen and oxygen atoms in total. The van der Waals surface area contributed by atoms with Crippen LogP contribution in [0.15, 0.2) is 0 Å². The van der Waals surface area contributed by atoms with Gasteiger partial charge in [0.15, 0.2) is 0 Å². The van der Waals surface area contributed by atoms with Crippen molar-refractivity contribution in [2.45, 2.75) is 26.7 Å². The van der Waals surface area contributed by atoms with E-state index in [0.29, 0.717) is 26.3 Å². The van der Waals surface area contributed by atoms with E-state index in [0.717, 1.165) is 12.8 Å². The van der Waals surface area contributed by atoms with E-state index in [-0.39, 0.29) is 11.8 Å². The van der Waals surface area contributed by atoms with Crippen molar-refractivity contribution in [3.63, 3.8) is 0 Å². The molecule has 2 N–H and O–H groups in total. The van der Waals surface area contributed by atoms with Crippen molar-refractivity contribution in [1.82, 2.24) is 4.90 Å². The molecule has 1 atom stereocenters. The lowest BCUT2D eigenvalue weighted by Gasteiger charge is -2.22. The maximum atomic E-state index is 11.8. The first-order chi connectivity index (χ1) is 7.17. The molecule has 0 heterocycles. The Bertz CT molecular complexity index is 174. The van der Waals surface area contributed by atoms with Gasteiger partial charge in [0, 0.05) is 26.7 Å². The standard InChI is InChI=1S/C11H24N2O2/c1-4-6-10(9-12)11(14)13(3)7-8-15-5-2/h10H,4-9,12H2,1-3H3. The van der Waals surface area contributed by atoms with Crippen LogP contribution in [0.5, 0.6) is 0 Å². The van der Waals surface area contributed by atoms with Crippen LogP contribution in [0.4, 0.5) is 0 Å². The zero-order chi connectivity index (χ0) is 11.7. The monoisotopic (exact) mass is 216 g/mol. The Morgan fingerprint density at radius 2 is 2.13 bits per heavy atom. The fourth-order valence-electron chi connectivity index (χ4n) is 1.46. The van der Waals surface area contributed by atoms with Gasteiger partial charge in [-0.2, -0.15) is 0 Å². The maximum absolute atomic E-state index is 11.8. The van der Waals surface area contributed by atoms with E-state index in [9.17, 15) is 4.79 Å². The quantitative estimate of drug-likeness (QED) is 0.612. The van der Waals surface area contributed by atoms with Crippen molar-refractivity contribution in [2.75, 3.05) is 33.4 Å². The number of likely N-dealkylation sites (N-methyl/N-ethyl adjacent to an activating group) is 1. The van der Waals surface area contributed by atoms with Crippen LogP contribution in [-0.2, 0) is 9.53 Å². The van der Waals surface area contributed by atoms with Crippen molar-refractivity contribution in [3.8, 4) is 0 Å². The summed E-state index contributed by atoms with van der Waals surface area (Å²) < 4.78 is 5.20. The molecule has 1 amide bonds. The van der Waals surface area contributed by atoms with Crippen LogP contribution in [-0.4, -0.2) is 44.2 Å². The number of hydrogen-bond acceptors (Lipinski definition) is 3. The van der Waals surface area contributed by atoms with Crippen LogP contribution >= 0.6 is 0 Å². The molecule has 1 unspecified atom stereocenters. The summed E-state index contributed by atoms with van der Waals surface area (Å²) in [6.45, 7) is 6.38. The van der Waals surface area contributed by atoms with Crippen molar-refractivity contribution in [2.24, 2.45) is 11.7 Å². The van der Waals surface area contributed by atoms with E-state index in [1.54, 1.807) is 11.9 Å². The molecule has 0 saturated heterocycles. The SMILES string of the molecule is CCCC(CN)C(=O)N(C)CCOCC. The maximum Gasteiger partial charge on any atom is 0.226 e. The smallest absolute Gasteiger partial charge is 0.226 e. The van der Waals surface area contributed by atoms with E-state index in [2.05, 4.69) is 6.92 Å². The second-order valence-electron chi connectivity index (χ2n) is 3.68. The highest BCUT2D eigenvalue weighted by Gasteiger charge is 2.19. The molecule has 0 aliphatic heterocycles. The van der Waals surface area contributed by atoms with Crippen LogP contribution in [0.2, 0.25) is 0 Å². The van der Waals surface area contributed by atoms with Gasteiger partial charge in [-0.3, -0.25) is 4.79 Å². The number of nitrogens with two attached hydrogens (primary N) is 1. The Kier molecular flexibility index (Phi) is 8.33. The Hall–Kier alpha value is -0.610. The molecule has 0 spiro atoms. The molecule has 0 fully saturated rings. The molecule has 0 aromatic rings. The average molecular weight is 216 g/mol. The Morgan fingerprint density at radius 3 is 2.60 bits per heavy atom. The summed E-state index contributed by atoms with van der Waals surface area (Å²) in [5.74, 6) is 0.112. The summed E-state index contributed by atoms with van der Waals surface area (Å²) in [5.41, 5.74) is 5.57. The fraction of sp³-hybridized carbons (Fsp3) is 0.909. The zero-order valence-corrected chi connectivity index (χ0v) is 10.2. The van der Waals surface area contributed by atoms with Crippen molar-refractivity contribution >= 4 is 5.91 Å². The predicted octanol–water partition coefficient (Wildman–Crippen LogP) is 0.856. The normalized spacial score (nSPS) is 12.5. The topological polar surface area (TPSA) is 55.6 Å². The third-order valence-corrected chi connectivity index (χ3v) is 2.42. The van der Waals surface area contributed by atoms with Crippen molar-refractivity contribution in [1.29, 1.82) is 0 Å². The molecule has 0 bridgehead atoms. The molecule has 4 heteroatoms. The number of rotatable bonds is 8. The third-order valence-electron chi connectivity index (χ3n) is 2.42. The van der Waals surface area contributed by atoms with Crippen LogP contribution in [0.1, 0.15) is 26.7 Å². The minimum Gasteiger partial charge on any atom is -0.380 e. The predicted molar refractivity (Wildman–Crippen MR) is 61.6 cm³/mol. The summed E-state index contributed by atoms with van der Waals surface area (Å²) in [5, 5.41) is 0. The number of carbonyl (C=O) groups excluding carboxylic acids is 1. The van der Waals surface area contributed by atoms with E-state index in [1.807, 2.05) is 6.92 Å². The minimum atomic E-state index is -0.0263. The number of hydrogen-bond donors (Lipinski definition) is 1. The van der Waals surface area contributed by atoms with Crippen LogP contribution in [0, 0.1) is 5.92 Å². The van der Waals surface area contributed by atoms with Crippen LogP contribution in [0.25, 0.3) is 0 Å². The first-order valence-corrected chi connectivity index (χ1v) is 5.70. The first-order valence-electron chi connectivity index (χ1n) is 5.70. The fourth-order valence-corrected chi connectivity index (χ4v) is 1.46. The lowest BCUT2D eigenvalue weighted by atomic mass is 10.0. The van der Waals surface area contributed by atoms with Gasteiger partial charge in [0.05, 0.1) is 12.5 Å². The third kappa shape index (κ3) is 5.74. The van der Waals surface area contributed by atoms with E-state index >= 15 is 0 Å². The van der Waals surface area contributed by atoms with Gasteiger partial charge >= 0.3 is 0 Å². The van der Waals surface area contributed by atoms with E-state index in [1.165, 1.54) is 0 Å². The summed E-state index contributed by atoms with van der Waals surface area (Å²) in [4.78, 5) is 13.6. The Labute approximate surface area is 92.8 Å². The van der Waals surface area contributed by atoms with Crippen LogP contribution in [0.3, 0.4) is 0 Å². The van der Waals surface area contributed by atoms with E-state index in [4.69, 9.17) is 10.5 Å². The van der Waals surface area contributed by atoms with Gasteiger partial charge in [-0.1, -0.05) is 13.3 Å². The first kappa shape index (κ1) is 14.4. The highest BCUT2D eigenvalue weighted by molar-refractivity contribution is 5.78. The second-order valence-corrected chi connectivity index (χ2v) is 3.68. The summed E-state index contributed by atoms with van der Waals surface area (Å²) in [6, 6.07) is 0. The van der Waals surface area contributed by atoms with Gasteiger partial charge in [-0.15, -0.1) is 0 Å². The zero-order valence-electron chi connectivity index (χ0n) is 10.2. The van der Waals surface area contributed by atoms with Gasteiger partial charge in [0.2, 0.25) is 5.91 Å². The minimum absolute atomic E-state index is 0.0263. The second kappa shape index (κ2) is 8.68. The molecule has 0 radical (unpaired) electrons. The number of amides is 1. The number of nitrogens with zero attached hydrogens (tertiary/aromatic N) is 1. The molecular formula is C11H24N2O2. The lowest BCUT2D eigenvalue weighted by Crippen LogP contribution is -2.38. The number of carbonyl (C=O) groups is 1. The van der Waals surface area contributed by atoms with Gasteiger partial charge in [-0.25, -0.2) is 0 Å². The van der Waals surface area contributed by atoms with Crippen LogP contribution < -0.4 is 5.73 Å². The molecule has 90 valence electrons. The molecule has 0 rings (SSSR count). The molecule has 0 aliphatic carbocycles. The van der Waals surface area contributed by atoms with Gasteiger partial charge in [0.1, 0.15) is 0 Å². The largest absolute Gasteiger partial charge is 0.380 e. The Balaban J connectivity index is 3.93. The van der Waals surface area contributed by atoms with Gasteiger partial charge in [0.25, 0.3) is 0 Å². The highest BCUT2D eigenvalue weighted by atomic mass is 16.5. The highest BCUT2D eigenvalue weighted by Crippen LogP contribution is 2.07. The lowest BCUT2D eigenvalue weighted by molar-refractivity contribution is -0.134. The molecule has 15 heavy (non-hydrogen) atoms. The van der Waals surface area contributed by atoms with Gasteiger partial charge in [-0.05, 0) is 13.3 Å². The summed E-state index contributed by atoms with van der Waals surface area (Å²) in [6.07, 6.45) is 1.86. The Morgan fingerprint density at radius 1 is 1.47 bits per heavy atom. The summed E-state index contributed by atoms with van der Waals surface area (Å²) >= 11 is 0. The molecule has 0 aromatic carbocycles. The summed E-state index contributed by atoms with van der Waals surface area (Å²) in [7, 11) is 1.81. The molecule has 0 saturated carbocycles. The molecule has 0 aromatic heterocycles. The number of ether oxygens (including phenoxy) is 1. The average Bonchev–Trinajstić information content (AvgIpc) is 2.25. The molecular weight excluding hydrogens is 192 g/mol. The molecule has 0 aliphatic rings.